The second kappa shape index (κ2) is 31.7. The zero-order valence-corrected chi connectivity index (χ0v) is 65.1. The number of anilines is 1. The molecule has 0 bridgehead atoms. The molecule has 3 aliphatic rings. The summed E-state index contributed by atoms with van der Waals surface area (Å²) < 4.78 is 20.3. The topological polar surface area (TPSA) is 203 Å². The van der Waals surface area contributed by atoms with Crippen LogP contribution in [0.2, 0.25) is 0 Å². The number of aryl methyl sites for hydroxylation is 4. The van der Waals surface area contributed by atoms with E-state index in [2.05, 4.69) is 113 Å². The largest absolute Gasteiger partial charge is 0.481 e. The second-order valence-electron chi connectivity index (χ2n) is 34.3. The molecule has 14 nitrogen and oxygen atoms in total. The van der Waals surface area contributed by atoms with Crippen molar-refractivity contribution in [3.8, 4) is 11.1 Å². The van der Waals surface area contributed by atoms with Crippen molar-refractivity contribution >= 4 is 70.8 Å². The van der Waals surface area contributed by atoms with Crippen LogP contribution >= 0.6 is 11.8 Å². The average Bonchev–Trinajstić information content (AvgIpc) is 1.64. The van der Waals surface area contributed by atoms with E-state index in [1.54, 1.807) is 0 Å². The molecule has 2 fully saturated rings. The van der Waals surface area contributed by atoms with Gasteiger partial charge in [0, 0.05) is 45.6 Å². The smallest absolute Gasteiger partial charge is 0.342 e. The van der Waals surface area contributed by atoms with Gasteiger partial charge in [0.05, 0.1) is 29.2 Å². The number of aromatic nitrogens is 1. The summed E-state index contributed by atoms with van der Waals surface area (Å²) in [4.78, 5) is 98.4. The molecule has 1 aromatic heterocycles. The molecule has 6 rings (SSSR count). The molecule has 2 amide bonds. The van der Waals surface area contributed by atoms with Gasteiger partial charge in [-0.1, -0.05) is 168 Å². The molecule has 2 aromatic carbocycles. The fraction of sp³-hybridized carbons (Fsp3) is 0.671. The number of carboxylic acid groups (broad SMARTS) is 1. The summed E-state index contributed by atoms with van der Waals surface area (Å²) in [6.45, 7) is 53.0. The predicted octanol–water partition coefficient (Wildman–Crippen LogP) is 19.7. The number of carboxylic acids is 1. The number of aliphatic carboxylic acids is 1. The quantitative estimate of drug-likeness (QED) is 0.0357. The Morgan fingerprint density at radius 3 is 1.43 bits per heavy atom. The number of nitrogens with one attached hydrogen (secondary N) is 3. The Morgan fingerprint density at radius 1 is 0.588 bits per heavy atom. The maximum Gasteiger partial charge on any atom is 0.342 e. The van der Waals surface area contributed by atoms with Crippen LogP contribution in [-0.2, 0) is 38.2 Å². The lowest BCUT2D eigenvalue weighted by molar-refractivity contribution is -0.164. The van der Waals surface area contributed by atoms with E-state index in [0.717, 1.165) is 59.1 Å². The van der Waals surface area contributed by atoms with Gasteiger partial charge in [0.15, 0.2) is 0 Å². The molecular weight excluding hydrogens is 1230 g/mol. The van der Waals surface area contributed by atoms with E-state index in [1.165, 1.54) is 11.8 Å². The Bertz CT molecular complexity index is 3350. The lowest BCUT2D eigenvalue weighted by Crippen LogP contribution is -2.50. The van der Waals surface area contributed by atoms with Crippen LogP contribution < -0.4 is 10.6 Å². The number of nitrogens with zero attached hydrogens (tertiary/aromatic N) is 1. The molecule has 4 N–H and O–H groups in total. The number of benzene rings is 2. The van der Waals surface area contributed by atoms with Crippen LogP contribution in [0.1, 0.15) is 266 Å². The molecule has 0 spiro atoms. The van der Waals surface area contributed by atoms with Crippen molar-refractivity contribution in [2.45, 2.75) is 262 Å². The number of thioether (sulfide) groups is 1. The molecule has 2 saturated carbocycles. The highest BCUT2D eigenvalue weighted by atomic mass is 32.2. The zero-order valence-electron chi connectivity index (χ0n) is 64.2. The molecule has 97 heavy (non-hydrogen) atoms. The van der Waals surface area contributed by atoms with Gasteiger partial charge in [0.2, 0.25) is 11.8 Å². The van der Waals surface area contributed by atoms with Crippen LogP contribution in [0.5, 0.6) is 0 Å². The van der Waals surface area contributed by atoms with Gasteiger partial charge in [-0.15, -0.1) is 0 Å². The van der Waals surface area contributed by atoms with Gasteiger partial charge >= 0.3 is 23.9 Å². The Kier molecular flexibility index (Phi) is 26.2. The number of hydrogen-bond donors (Lipinski definition) is 4. The maximum absolute atomic E-state index is 16.5. The van der Waals surface area contributed by atoms with Crippen LogP contribution in [0.25, 0.3) is 22.8 Å². The first-order valence-corrected chi connectivity index (χ1v) is 37.6. The summed E-state index contributed by atoms with van der Waals surface area (Å²) in [6, 6.07) is 12.0. The Morgan fingerprint density at radius 2 is 1.01 bits per heavy atom. The van der Waals surface area contributed by atoms with E-state index in [-0.39, 0.29) is 98.3 Å². The second-order valence-corrected chi connectivity index (χ2v) is 35.4. The number of aliphatic imine (C=N–C) groups is 1. The standard InChI is InChI=1S/C82H124N4O10S/c1-26-80(24,25)75(93)94-40-33-38-81(27-2,28-3)73(91)85-69-65(71(89)95-67-54(76(12,13)14)42-48(6)43-55(67)77(15,16)17)63(61-50(8)34-31-35-51(61)9)58(83-69)46-59-64(62-52(10)36-32-37-53(62)11)66(70(84-59)86-74(92)82(29-4,30-5)39-41-97-47-60(87)88)72(90)96-68-56(78(18,19)20)44-49(7)45-57(68)79(21,22)23/h31-32,34-37,46,48-49,54-57,67-68,84H,26-30,33,38-45,47H2,1-25H3,(H,86,92)(H,87,88)(H,83,85,91). The van der Waals surface area contributed by atoms with Gasteiger partial charge in [-0.2, -0.15) is 11.8 Å². The molecule has 4 unspecified atom stereocenters. The summed E-state index contributed by atoms with van der Waals surface area (Å²) in [6.07, 6.45) is 7.81. The number of amides is 2. The van der Waals surface area contributed by atoms with E-state index in [0.29, 0.717) is 91.5 Å². The molecular formula is C82H124N4O10S. The number of rotatable bonds is 25. The van der Waals surface area contributed by atoms with E-state index < -0.39 is 46.4 Å². The van der Waals surface area contributed by atoms with Gasteiger partial charge in [0.25, 0.3) is 0 Å². The summed E-state index contributed by atoms with van der Waals surface area (Å²) in [5, 5.41) is 16.2. The third-order valence-electron chi connectivity index (χ3n) is 22.9. The molecule has 4 atom stereocenters. The number of carbonyl (C=O) groups excluding carboxylic acids is 5. The highest BCUT2D eigenvalue weighted by Gasteiger charge is 2.52. The fourth-order valence-electron chi connectivity index (χ4n) is 15.9. The zero-order chi connectivity index (χ0) is 72.9. The van der Waals surface area contributed by atoms with Crippen molar-refractivity contribution in [3.05, 3.63) is 86.7 Å². The number of amidine groups is 1. The summed E-state index contributed by atoms with van der Waals surface area (Å²) in [7, 11) is 0. The Hall–Kier alpha value is -5.96. The Balaban J connectivity index is 1.76. The first kappa shape index (κ1) is 80.0. The predicted molar refractivity (Wildman–Crippen MR) is 398 cm³/mol. The summed E-state index contributed by atoms with van der Waals surface area (Å²) in [5.74, 6) is -1.95. The minimum Gasteiger partial charge on any atom is -0.481 e. The lowest BCUT2D eigenvalue weighted by atomic mass is 9.59. The number of hydrogen-bond acceptors (Lipinski definition) is 11. The third kappa shape index (κ3) is 18.3. The third-order valence-corrected chi connectivity index (χ3v) is 23.8. The van der Waals surface area contributed by atoms with Crippen molar-refractivity contribution in [1.82, 2.24) is 10.3 Å². The number of aromatic amines is 1. The SMILES string of the molecule is CCC(C)(C)C(=O)OCCCC(CC)(CC)C(=O)NC1=NC(=Cc2[nH]c(NC(=O)C(CC)(CC)CCSCC(=O)O)c(C(=O)OC3C(C(C)(C)C)CC(C)CC3C(C)(C)C)c2-c2c(C)cccc2C)C(c2c(C)cccc2C)=C1C(=O)OC1C(C(C)(C)C)CC(C)CC1C(C)(C)C. The first-order chi connectivity index (χ1) is 45.0. The van der Waals surface area contributed by atoms with Crippen LogP contribution in [-0.4, -0.2) is 81.9 Å². The van der Waals surface area contributed by atoms with Gasteiger partial charge in [0.1, 0.15) is 35.0 Å². The highest BCUT2D eigenvalue weighted by Crippen LogP contribution is 2.53. The molecule has 0 radical (unpaired) electrons. The van der Waals surface area contributed by atoms with E-state index in [9.17, 15) is 14.7 Å². The highest BCUT2D eigenvalue weighted by molar-refractivity contribution is 7.99. The van der Waals surface area contributed by atoms with Crippen molar-refractivity contribution < 1.29 is 48.1 Å². The lowest BCUT2D eigenvalue weighted by Gasteiger charge is -2.50. The van der Waals surface area contributed by atoms with Crippen molar-refractivity contribution in [3.63, 3.8) is 0 Å². The monoisotopic (exact) mass is 1360 g/mol. The number of esters is 3. The van der Waals surface area contributed by atoms with E-state index in [4.69, 9.17) is 19.2 Å². The maximum atomic E-state index is 16.5. The van der Waals surface area contributed by atoms with Gasteiger partial charge < -0.3 is 34.9 Å². The summed E-state index contributed by atoms with van der Waals surface area (Å²) >= 11 is 1.27. The fourth-order valence-corrected chi connectivity index (χ4v) is 16.7. The van der Waals surface area contributed by atoms with Crippen molar-refractivity contribution in [1.29, 1.82) is 0 Å². The number of ether oxygens (including phenoxy) is 3. The van der Waals surface area contributed by atoms with Crippen LogP contribution in [0, 0.1) is 101 Å². The molecule has 15 heteroatoms. The Labute approximate surface area is 588 Å². The van der Waals surface area contributed by atoms with Crippen LogP contribution in [0.15, 0.2) is 52.7 Å². The number of allylic oxidation sites excluding steroid dienone is 1. The van der Waals surface area contributed by atoms with Gasteiger partial charge in [-0.05, 0) is 197 Å². The average molecular weight is 1360 g/mol. The number of H-pyrrole nitrogens is 1. The minimum atomic E-state index is -0.976. The van der Waals surface area contributed by atoms with Gasteiger partial charge in [-0.3, -0.25) is 19.2 Å². The molecule has 0 saturated heterocycles. The molecule has 3 aromatic rings. The summed E-state index contributed by atoms with van der Waals surface area (Å²) in [5.41, 5.74) is 3.09. The minimum absolute atomic E-state index is 0.0169. The van der Waals surface area contributed by atoms with Gasteiger partial charge in [-0.25, -0.2) is 14.6 Å². The molecule has 2 aliphatic carbocycles. The van der Waals surface area contributed by atoms with Crippen molar-refractivity contribution in [2.75, 3.05) is 23.4 Å². The normalized spacial score (nSPS) is 21.9. The van der Waals surface area contributed by atoms with Crippen LogP contribution in [0.4, 0.5) is 5.82 Å². The first-order valence-electron chi connectivity index (χ1n) is 36.4. The number of carbonyl (C=O) groups is 6. The van der Waals surface area contributed by atoms with E-state index >= 15 is 19.2 Å². The molecule has 538 valence electrons. The molecule has 2 heterocycles. The van der Waals surface area contributed by atoms with Crippen LogP contribution in [0.3, 0.4) is 0 Å². The van der Waals surface area contributed by atoms with Crippen molar-refractivity contribution in [2.24, 2.45) is 78.4 Å². The molecule has 1 aliphatic heterocycles. The van der Waals surface area contributed by atoms with E-state index in [1.807, 2.05) is 119 Å².